The summed E-state index contributed by atoms with van der Waals surface area (Å²) >= 11 is 0. The Kier molecular flexibility index (Phi) is 2.46. The lowest BCUT2D eigenvalue weighted by Gasteiger charge is -2.29. The summed E-state index contributed by atoms with van der Waals surface area (Å²) in [5, 5.41) is 28.5. The van der Waals surface area contributed by atoms with Crippen molar-refractivity contribution in [3.8, 4) is 5.75 Å². The van der Waals surface area contributed by atoms with Gasteiger partial charge in [0.05, 0.1) is 13.2 Å². The molecule has 98 valence electrons. The van der Waals surface area contributed by atoms with Crippen molar-refractivity contribution in [2.45, 2.75) is 24.0 Å². The molecule has 3 N–H and O–H groups in total. The second kappa shape index (κ2) is 3.79. The zero-order valence-electron chi connectivity index (χ0n) is 9.39. The number of hydrogen-bond acceptors (Lipinski definition) is 6. The fraction of sp³-hybridized carbons (Fsp3) is 0.545. The summed E-state index contributed by atoms with van der Waals surface area (Å²) in [4.78, 5) is 11.7. The van der Waals surface area contributed by atoms with Crippen LogP contribution in [0.5, 0.6) is 5.75 Å². The molecule has 0 saturated carbocycles. The highest BCUT2D eigenvalue weighted by molar-refractivity contribution is 5.17. The van der Waals surface area contributed by atoms with Crippen LogP contribution < -0.4 is 5.56 Å². The molecule has 0 amide bonds. The smallest absolute Gasteiger partial charge is 0.256 e. The van der Waals surface area contributed by atoms with Crippen LogP contribution in [0.1, 0.15) is 6.23 Å². The average molecular weight is 255 g/mol. The molecule has 2 bridgehead atoms. The van der Waals surface area contributed by atoms with Crippen LogP contribution in [0.2, 0.25) is 0 Å². The minimum absolute atomic E-state index is 0.0959. The number of aliphatic hydroxyl groups is 2. The summed E-state index contributed by atoms with van der Waals surface area (Å²) < 4.78 is 12.2. The third-order valence-corrected chi connectivity index (χ3v) is 3.48. The molecule has 4 unspecified atom stereocenters. The van der Waals surface area contributed by atoms with E-state index in [-0.39, 0.29) is 19.0 Å². The van der Waals surface area contributed by atoms with E-state index in [1.165, 1.54) is 16.8 Å². The van der Waals surface area contributed by atoms with Gasteiger partial charge >= 0.3 is 0 Å². The lowest BCUT2D eigenvalue weighted by Crippen LogP contribution is -2.44. The SMILES string of the molecule is O=c1cc(O)ccn1C1OC2(CO)COC1C2O. The Hall–Kier alpha value is -1.41. The molecular formula is C11H13NO6. The van der Waals surface area contributed by atoms with E-state index in [0.717, 1.165) is 6.07 Å². The fourth-order valence-corrected chi connectivity index (χ4v) is 2.44. The maximum Gasteiger partial charge on any atom is 0.256 e. The largest absolute Gasteiger partial charge is 0.508 e. The van der Waals surface area contributed by atoms with Crippen molar-refractivity contribution in [1.82, 2.24) is 4.57 Å². The van der Waals surface area contributed by atoms with Crippen molar-refractivity contribution in [2.24, 2.45) is 0 Å². The minimum Gasteiger partial charge on any atom is -0.508 e. The molecular weight excluding hydrogens is 242 g/mol. The van der Waals surface area contributed by atoms with Crippen LogP contribution in [0.4, 0.5) is 0 Å². The molecule has 0 aromatic carbocycles. The molecule has 2 aliphatic rings. The van der Waals surface area contributed by atoms with E-state index in [1.807, 2.05) is 0 Å². The maximum atomic E-state index is 11.7. The van der Waals surface area contributed by atoms with Crippen molar-refractivity contribution < 1.29 is 24.8 Å². The molecule has 7 nitrogen and oxygen atoms in total. The number of ether oxygens (including phenoxy) is 2. The number of fused-ring (bicyclic) bond motifs is 2. The third-order valence-electron chi connectivity index (χ3n) is 3.48. The molecule has 3 heterocycles. The molecule has 0 radical (unpaired) electrons. The van der Waals surface area contributed by atoms with Gasteiger partial charge in [-0.25, -0.2) is 0 Å². The fourth-order valence-electron chi connectivity index (χ4n) is 2.44. The zero-order valence-corrected chi connectivity index (χ0v) is 9.39. The van der Waals surface area contributed by atoms with E-state index in [4.69, 9.17) is 9.47 Å². The Morgan fingerprint density at radius 2 is 2.33 bits per heavy atom. The Labute approximate surface area is 102 Å². The van der Waals surface area contributed by atoms with E-state index in [2.05, 4.69) is 0 Å². The Balaban J connectivity index is 1.98. The summed E-state index contributed by atoms with van der Waals surface area (Å²) in [5.41, 5.74) is -1.62. The molecule has 1 aromatic rings. The number of hydrogen-bond donors (Lipinski definition) is 3. The first-order valence-electron chi connectivity index (χ1n) is 5.57. The van der Waals surface area contributed by atoms with Crippen LogP contribution in [-0.4, -0.2) is 50.9 Å². The average Bonchev–Trinajstić information content (AvgIpc) is 2.81. The number of aromatic nitrogens is 1. The second-order valence-corrected chi connectivity index (χ2v) is 4.58. The Bertz CT molecular complexity index is 529. The van der Waals surface area contributed by atoms with Crippen molar-refractivity contribution in [3.63, 3.8) is 0 Å². The highest BCUT2D eigenvalue weighted by atomic mass is 16.7. The number of aromatic hydroxyl groups is 1. The third kappa shape index (κ3) is 1.42. The lowest BCUT2D eigenvalue weighted by atomic mass is 10.0. The monoisotopic (exact) mass is 255 g/mol. The first kappa shape index (κ1) is 11.7. The summed E-state index contributed by atoms with van der Waals surface area (Å²) in [5.74, 6) is -0.141. The van der Waals surface area contributed by atoms with Gasteiger partial charge in [0, 0.05) is 12.3 Å². The van der Waals surface area contributed by atoms with Crippen molar-refractivity contribution >= 4 is 0 Å². The topological polar surface area (TPSA) is 101 Å². The Morgan fingerprint density at radius 3 is 2.94 bits per heavy atom. The molecule has 4 atom stereocenters. The van der Waals surface area contributed by atoms with E-state index in [9.17, 15) is 20.1 Å². The van der Waals surface area contributed by atoms with Crippen LogP contribution in [0, 0.1) is 0 Å². The second-order valence-electron chi connectivity index (χ2n) is 4.58. The van der Waals surface area contributed by atoms with Gasteiger partial charge in [-0.1, -0.05) is 0 Å². The zero-order chi connectivity index (χ0) is 12.9. The maximum absolute atomic E-state index is 11.7. The molecule has 0 spiro atoms. The Morgan fingerprint density at radius 1 is 1.56 bits per heavy atom. The van der Waals surface area contributed by atoms with Gasteiger partial charge in [-0.2, -0.15) is 0 Å². The first-order chi connectivity index (χ1) is 8.57. The van der Waals surface area contributed by atoms with Gasteiger partial charge in [-0.15, -0.1) is 0 Å². The van der Waals surface area contributed by atoms with E-state index in [1.54, 1.807) is 0 Å². The summed E-state index contributed by atoms with van der Waals surface area (Å²) in [7, 11) is 0. The van der Waals surface area contributed by atoms with Gasteiger partial charge in [0.25, 0.3) is 5.56 Å². The molecule has 3 rings (SSSR count). The quantitative estimate of drug-likeness (QED) is 0.599. The summed E-state index contributed by atoms with van der Waals surface area (Å²) in [6.45, 7) is -0.285. The van der Waals surface area contributed by atoms with Crippen molar-refractivity contribution in [3.05, 3.63) is 28.7 Å². The normalized spacial score (nSPS) is 38.2. The predicted molar refractivity (Wildman–Crippen MR) is 58.1 cm³/mol. The molecule has 2 saturated heterocycles. The van der Waals surface area contributed by atoms with Crippen LogP contribution in [0.15, 0.2) is 23.1 Å². The lowest BCUT2D eigenvalue weighted by molar-refractivity contribution is -0.187. The molecule has 7 heteroatoms. The van der Waals surface area contributed by atoms with Crippen LogP contribution >= 0.6 is 0 Å². The van der Waals surface area contributed by atoms with Gasteiger partial charge in [0.1, 0.15) is 23.6 Å². The van der Waals surface area contributed by atoms with E-state index >= 15 is 0 Å². The van der Waals surface area contributed by atoms with Gasteiger partial charge in [0.15, 0.2) is 6.23 Å². The molecule has 2 fully saturated rings. The minimum atomic E-state index is -1.16. The van der Waals surface area contributed by atoms with E-state index in [0.29, 0.717) is 0 Å². The van der Waals surface area contributed by atoms with Gasteiger partial charge < -0.3 is 24.8 Å². The van der Waals surface area contributed by atoms with Gasteiger partial charge in [0.2, 0.25) is 0 Å². The molecule has 0 aliphatic carbocycles. The standard InChI is InChI=1S/C11H13NO6/c13-4-11-5-17-8(9(11)16)10(18-11)12-2-1-6(14)3-7(12)15/h1-3,8-10,13-14,16H,4-5H2. The number of aliphatic hydroxyl groups excluding tert-OH is 2. The number of pyridine rings is 1. The molecule has 18 heavy (non-hydrogen) atoms. The first-order valence-corrected chi connectivity index (χ1v) is 5.57. The summed E-state index contributed by atoms with van der Waals surface area (Å²) in [6, 6.07) is 2.39. The van der Waals surface area contributed by atoms with Crippen molar-refractivity contribution in [1.29, 1.82) is 0 Å². The molecule has 1 aromatic heterocycles. The predicted octanol–water partition coefficient (Wildman–Crippen LogP) is -1.43. The highest BCUT2D eigenvalue weighted by Crippen LogP contribution is 2.44. The summed E-state index contributed by atoms with van der Waals surface area (Å²) in [6.07, 6.45) is -1.11. The number of rotatable bonds is 2. The highest BCUT2D eigenvalue weighted by Gasteiger charge is 2.61. The van der Waals surface area contributed by atoms with Gasteiger partial charge in [-0.05, 0) is 6.07 Å². The molecule has 2 aliphatic heterocycles. The van der Waals surface area contributed by atoms with E-state index < -0.39 is 29.6 Å². The van der Waals surface area contributed by atoms with Crippen LogP contribution in [0.3, 0.4) is 0 Å². The van der Waals surface area contributed by atoms with Crippen molar-refractivity contribution in [2.75, 3.05) is 13.2 Å². The van der Waals surface area contributed by atoms with Gasteiger partial charge in [-0.3, -0.25) is 9.36 Å². The van der Waals surface area contributed by atoms with Crippen LogP contribution in [-0.2, 0) is 9.47 Å². The van der Waals surface area contributed by atoms with Crippen LogP contribution in [0.25, 0.3) is 0 Å². The number of nitrogens with zero attached hydrogens (tertiary/aromatic N) is 1.